The van der Waals surface area contributed by atoms with Crippen LogP contribution >= 0.6 is 0 Å². The molecule has 1 fully saturated rings. The van der Waals surface area contributed by atoms with E-state index in [0.29, 0.717) is 13.0 Å². The van der Waals surface area contributed by atoms with Gasteiger partial charge in [0.15, 0.2) is 12.4 Å². The van der Waals surface area contributed by atoms with E-state index in [-0.39, 0.29) is 13.0 Å². The predicted molar refractivity (Wildman–Crippen MR) is 47.7 cm³/mol. The van der Waals surface area contributed by atoms with E-state index >= 15 is 0 Å². The minimum atomic E-state index is -1.28. The van der Waals surface area contributed by atoms with Crippen molar-refractivity contribution < 1.29 is 28.9 Å². The second kappa shape index (κ2) is 5.67. The number of aliphatic hydroxyl groups excluding tert-OH is 1. The van der Waals surface area contributed by atoms with Crippen LogP contribution in [0, 0.1) is 0 Å². The fourth-order valence-corrected chi connectivity index (χ4v) is 1.10. The highest BCUT2D eigenvalue weighted by Gasteiger charge is 2.29. The van der Waals surface area contributed by atoms with E-state index in [9.17, 15) is 14.7 Å². The Labute approximate surface area is 87.1 Å². The summed E-state index contributed by atoms with van der Waals surface area (Å²) in [4.78, 5) is 21.7. The summed E-state index contributed by atoms with van der Waals surface area (Å²) in [6.45, 7) is 1.67. The van der Waals surface area contributed by atoms with Gasteiger partial charge in [-0.25, -0.2) is 4.79 Å². The van der Waals surface area contributed by atoms with Gasteiger partial charge < -0.3 is 19.3 Å². The largest absolute Gasteiger partial charge is 0.464 e. The van der Waals surface area contributed by atoms with Crippen molar-refractivity contribution in [2.24, 2.45) is 0 Å². The maximum Gasteiger partial charge on any atom is 0.335 e. The molecule has 0 aromatic carbocycles. The number of hydrogen-bond acceptors (Lipinski definition) is 6. The average Bonchev–Trinajstić information content (AvgIpc) is 2.61. The molecule has 2 atom stereocenters. The SMILES string of the molecule is CCC(=O)OCC(O)OC1CCOC1=O. The molecule has 1 aliphatic heterocycles. The van der Waals surface area contributed by atoms with Crippen molar-refractivity contribution >= 4 is 11.9 Å². The lowest BCUT2D eigenvalue weighted by Gasteiger charge is -2.14. The standard InChI is InChI=1S/C9H14O6/c1-2-7(10)14-5-8(11)15-6-3-4-13-9(6)12/h6,8,11H,2-5H2,1H3. The lowest BCUT2D eigenvalue weighted by molar-refractivity contribution is -0.184. The lowest BCUT2D eigenvalue weighted by Crippen LogP contribution is -2.29. The number of esters is 2. The third-order valence-corrected chi connectivity index (χ3v) is 1.88. The second-order valence-corrected chi connectivity index (χ2v) is 3.07. The van der Waals surface area contributed by atoms with E-state index in [1.165, 1.54) is 0 Å². The molecule has 15 heavy (non-hydrogen) atoms. The van der Waals surface area contributed by atoms with Crippen LogP contribution in [0.1, 0.15) is 19.8 Å². The zero-order valence-electron chi connectivity index (χ0n) is 8.47. The fourth-order valence-electron chi connectivity index (χ4n) is 1.10. The molecule has 1 N–H and O–H groups in total. The Morgan fingerprint density at radius 2 is 2.47 bits per heavy atom. The van der Waals surface area contributed by atoms with Gasteiger partial charge in [-0.05, 0) is 0 Å². The molecule has 0 amide bonds. The van der Waals surface area contributed by atoms with Crippen LogP contribution in [0.4, 0.5) is 0 Å². The molecule has 1 aliphatic rings. The van der Waals surface area contributed by atoms with Gasteiger partial charge in [-0.15, -0.1) is 0 Å². The molecule has 0 aromatic heterocycles. The van der Waals surface area contributed by atoms with Gasteiger partial charge in [-0.1, -0.05) is 6.92 Å². The average molecular weight is 218 g/mol. The molecule has 1 heterocycles. The fraction of sp³-hybridized carbons (Fsp3) is 0.778. The Hall–Kier alpha value is -1.14. The van der Waals surface area contributed by atoms with Gasteiger partial charge in [0.25, 0.3) is 0 Å². The van der Waals surface area contributed by atoms with Crippen molar-refractivity contribution in [1.29, 1.82) is 0 Å². The Balaban J connectivity index is 2.20. The summed E-state index contributed by atoms with van der Waals surface area (Å²) in [5, 5.41) is 9.26. The van der Waals surface area contributed by atoms with Crippen LogP contribution in [0.25, 0.3) is 0 Å². The smallest absolute Gasteiger partial charge is 0.335 e. The number of ether oxygens (including phenoxy) is 3. The highest BCUT2D eigenvalue weighted by atomic mass is 16.7. The predicted octanol–water partition coefficient (Wildman–Crippen LogP) is -0.410. The third-order valence-electron chi connectivity index (χ3n) is 1.88. The Bertz CT molecular complexity index is 239. The Morgan fingerprint density at radius 1 is 1.73 bits per heavy atom. The van der Waals surface area contributed by atoms with Crippen LogP contribution in [0.2, 0.25) is 0 Å². The first-order valence-corrected chi connectivity index (χ1v) is 4.79. The van der Waals surface area contributed by atoms with E-state index < -0.39 is 24.3 Å². The molecule has 86 valence electrons. The van der Waals surface area contributed by atoms with Gasteiger partial charge in [-0.2, -0.15) is 0 Å². The molecule has 0 radical (unpaired) electrons. The van der Waals surface area contributed by atoms with E-state index in [0.717, 1.165) is 0 Å². The van der Waals surface area contributed by atoms with Crippen molar-refractivity contribution in [1.82, 2.24) is 0 Å². The molecule has 1 rings (SSSR count). The van der Waals surface area contributed by atoms with E-state index in [1.54, 1.807) is 6.92 Å². The number of rotatable bonds is 5. The molecule has 0 aromatic rings. The number of hydrogen-bond donors (Lipinski definition) is 1. The maximum atomic E-state index is 10.9. The van der Waals surface area contributed by atoms with Gasteiger partial charge in [0, 0.05) is 12.8 Å². The summed E-state index contributed by atoms with van der Waals surface area (Å²) in [6.07, 6.45) is -1.38. The normalized spacial score (nSPS) is 22.3. The zero-order valence-corrected chi connectivity index (χ0v) is 8.47. The van der Waals surface area contributed by atoms with Crippen LogP contribution in [0.3, 0.4) is 0 Å². The number of cyclic esters (lactones) is 1. The topological polar surface area (TPSA) is 82.1 Å². The molecule has 2 unspecified atom stereocenters. The molecule has 0 spiro atoms. The van der Waals surface area contributed by atoms with Crippen LogP contribution < -0.4 is 0 Å². The van der Waals surface area contributed by atoms with Crippen molar-refractivity contribution in [2.75, 3.05) is 13.2 Å². The van der Waals surface area contributed by atoms with Crippen LogP contribution in [0.5, 0.6) is 0 Å². The van der Waals surface area contributed by atoms with Gasteiger partial charge in [0.05, 0.1) is 6.61 Å². The Kier molecular flexibility index (Phi) is 4.51. The van der Waals surface area contributed by atoms with Gasteiger partial charge >= 0.3 is 11.9 Å². The molecular weight excluding hydrogens is 204 g/mol. The first-order valence-electron chi connectivity index (χ1n) is 4.79. The van der Waals surface area contributed by atoms with Gasteiger partial charge in [0.1, 0.15) is 6.61 Å². The summed E-state index contributed by atoms with van der Waals surface area (Å²) in [5.74, 6) is -0.914. The van der Waals surface area contributed by atoms with E-state index in [2.05, 4.69) is 9.47 Å². The van der Waals surface area contributed by atoms with Crippen LogP contribution in [-0.2, 0) is 23.8 Å². The number of carbonyl (C=O) groups excluding carboxylic acids is 2. The van der Waals surface area contributed by atoms with Gasteiger partial charge in [-0.3, -0.25) is 4.79 Å². The van der Waals surface area contributed by atoms with Crippen molar-refractivity contribution in [2.45, 2.75) is 32.2 Å². The molecule has 0 bridgehead atoms. The number of carbonyl (C=O) groups is 2. The van der Waals surface area contributed by atoms with E-state index in [4.69, 9.17) is 4.74 Å². The first-order chi connectivity index (χ1) is 7.13. The third kappa shape index (κ3) is 3.85. The monoisotopic (exact) mass is 218 g/mol. The molecule has 6 nitrogen and oxygen atoms in total. The quantitative estimate of drug-likeness (QED) is 0.499. The van der Waals surface area contributed by atoms with Crippen molar-refractivity contribution in [3.8, 4) is 0 Å². The lowest BCUT2D eigenvalue weighted by atomic mass is 10.3. The summed E-state index contributed by atoms with van der Waals surface area (Å²) in [6, 6.07) is 0. The van der Waals surface area contributed by atoms with Crippen LogP contribution in [-0.4, -0.2) is 42.7 Å². The highest BCUT2D eigenvalue weighted by molar-refractivity contribution is 5.76. The van der Waals surface area contributed by atoms with Crippen molar-refractivity contribution in [3.05, 3.63) is 0 Å². The summed E-state index contributed by atoms with van der Waals surface area (Å²) >= 11 is 0. The summed E-state index contributed by atoms with van der Waals surface area (Å²) < 4.78 is 14.2. The molecular formula is C9H14O6. The van der Waals surface area contributed by atoms with Crippen LogP contribution in [0.15, 0.2) is 0 Å². The minimum absolute atomic E-state index is 0.234. The maximum absolute atomic E-state index is 10.9. The first kappa shape index (κ1) is 11.9. The van der Waals surface area contributed by atoms with Gasteiger partial charge in [0.2, 0.25) is 0 Å². The minimum Gasteiger partial charge on any atom is -0.464 e. The van der Waals surface area contributed by atoms with Crippen molar-refractivity contribution in [3.63, 3.8) is 0 Å². The molecule has 0 saturated carbocycles. The number of aliphatic hydroxyl groups is 1. The summed E-state index contributed by atoms with van der Waals surface area (Å²) in [5.41, 5.74) is 0. The van der Waals surface area contributed by atoms with E-state index in [1.807, 2.05) is 0 Å². The molecule has 6 heteroatoms. The zero-order chi connectivity index (χ0) is 11.3. The Morgan fingerprint density at radius 3 is 3.00 bits per heavy atom. The summed E-state index contributed by atoms with van der Waals surface area (Å²) in [7, 11) is 0. The second-order valence-electron chi connectivity index (χ2n) is 3.07. The molecule has 1 saturated heterocycles. The molecule has 0 aliphatic carbocycles. The highest BCUT2D eigenvalue weighted by Crippen LogP contribution is 2.11.